The molecule has 0 saturated heterocycles. The third-order valence-electron chi connectivity index (χ3n) is 4.99. The number of anilines is 2. The maximum atomic E-state index is 13.3. The number of ether oxygens (including phenoxy) is 2. The molecule has 0 fully saturated rings. The standard InChI is InChI=1S/C25H22FN3O3/c1-15-4-11-23(31-2)22(12-15)29-25(30)27-18-9-10-20-19(13-18)24(32-3)14-21(28-20)16-5-7-17(26)8-6-16/h4-14H,1-3H3,(H2,27,29,30). The monoisotopic (exact) mass is 431 g/mol. The summed E-state index contributed by atoms with van der Waals surface area (Å²) >= 11 is 0. The zero-order chi connectivity index (χ0) is 22.7. The summed E-state index contributed by atoms with van der Waals surface area (Å²) in [6.07, 6.45) is 0. The van der Waals surface area contributed by atoms with Crippen LogP contribution in [0.5, 0.6) is 11.5 Å². The first-order valence-electron chi connectivity index (χ1n) is 9.94. The molecule has 0 aliphatic rings. The van der Waals surface area contributed by atoms with Gasteiger partial charge in [0, 0.05) is 22.7 Å². The highest BCUT2D eigenvalue weighted by Gasteiger charge is 2.12. The van der Waals surface area contributed by atoms with Crippen LogP contribution in [-0.4, -0.2) is 25.2 Å². The molecule has 7 heteroatoms. The van der Waals surface area contributed by atoms with Gasteiger partial charge in [-0.25, -0.2) is 14.2 Å². The van der Waals surface area contributed by atoms with E-state index in [-0.39, 0.29) is 5.82 Å². The highest BCUT2D eigenvalue weighted by molar-refractivity contribution is 6.02. The maximum absolute atomic E-state index is 13.3. The molecule has 4 aromatic rings. The van der Waals surface area contributed by atoms with E-state index in [1.807, 2.05) is 19.1 Å². The molecule has 0 unspecified atom stereocenters. The molecule has 6 nitrogen and oxygen atoms in total. The number of nitrogens with zero attached hydrogens (tertiary/aromatic N) is 1. The van der Waals surface area contributed by atoms with Crippen LogP contribution in [0.1, 0.15) is 5.56 Å². The number of pyridine rings is 1. The van der Waals surface area contributed by atoms with E-state index < -0.39 is 6.03 Å². The minimum atomic E-state index is -0.400. The summed E-state index contributed by atoms with van der Waals surface area (Å²) in [6, 6.07) is 18.4. The Hall–Kier alpha value is -4.13. The Morgan fingerprint density at radius 1 is 0.875 bits per heavy atom. The first kappa shape index (κ1) is 21.1. The molecule has 1 heterocycles. The molecule has 1 aromatic heterocycles. The summed E-state index contributed by atoms with van der Waals surface area (Å²) in [7, 11) is 3.12. The summed E-state index contributed by atoms with van der Waals surface area (Å²) in [5.41, 5.74) is 4.29. The molecule has 4 rings (SSSR count). The largest absolute Gasteiger partial charge is 0.496 e. The first-order chi connectivity index (χ1) is 15.5. The Labute approximate surface area is 185 Å². The summed E-state index contributed by atoms with van der Waals surface area (Å²) in [4.78, 5) is 17.2. The number of halogens is 1. The fourth-order valence-corrected chi connectivity index (χ4v) is 3.41. The van der Waals surface area contributed by atoms with E-state index in [1.54, 1.807) is 56.7 Å². The fourth-order valence-electron chi connectivity index (χ4n) is 3.41. The minimum Gasteiger partial charge on any atom is -0.496 e. The van der Waals surface area contributed by atoms with Crippen molar-refractivity contribution in [1.82, 2.24) is 4.98 Å². The van der Waals surface area contributed by atoms with Crippen LogP contribution in [0.25, 0.3) is 22.2 Å². The smallest absolute Gasteiger partial charge is 0.323 e. The van der Waals surface area contributed by atoms with Crippen LogP contribution in [0.15, 0.2) is 66.7 Å². The zero-order valence-corrected chi connectivity index (χ0v) is 17.9. The number of urea groups is 1. The molecular formula is C25H22FN3O3. The van der Waals surface area contributed by atoms with E-state index in [4.69, 9.17) is 9.47 Å². The van der Waals surface area contributed by atoms with Gasteiger partial charge in [-0.1, -0.05) is 6.07 Å². The van der Waals surface area contributed by atoms with Crippen LogP contribution in [0.4, 0.5) is 20.6 Å². The average molecular weight is 431 g/mol. The Morgan fingerprint density at radius 3 is 2.34 bits per heavy atom. The van der Waals surface area contributed by atoms with Gasteiger partial charge < -0.3 is 20.1 Å². The number of methoxy groups -OCH3 is 2. The second-order valence-electron chi connectivity index (χ2n) is 7.23. The van der Waals surface area contributed by atoms with E-state index in [0.717, 1.165) is 16.5 Å². The van der Waals surface area contributed by atoms with Gasteiger partial charge >= 0.3 is 6.03 Å². The van der Waals surface area contributed by atoms with Crippen molar-refractivity contribution in [3.8, 4) is 22.8 Å². The number of fused-ring (bicyclic) bond motifs is 1. The van der Waals surface area contributed by atoms with Gasteiger partial charge in [-0.15, -0.1) is 0 Å². The Kier molecular flexibility index (Phi) is 5.89. The predicted molar refractivity (Wildman–Crippen MR) is 124 cm³/mol. The van der Waals surface area contributed by atoms with Crippen molar-refractivity contribution in [3.63, 3.8) is 0 Å². The molecule has 0 bridgehead atoms. The summed E-state index contributed by atoms with van der Waals surface area (Å²) in [6.45, 7) is 1.94. The van der Waals surface area contributed by atoms with Crippen LogP contribution in [0.3, 0.4) is 0 Å². The lowest BCUT2D eigenvalue weighted by molar-refractivity contribution is 0.262. The van der Waals surface area contributed by atoms with Gasteiger partial charge in [-0.05, 0) is 67.1 Å². The topological polar surface area (TPSA) is 72.5 Å². The van der Waals surface area contributed by atoms with Crippen molar-refractivity contribution in [2.75, 3.05) is 24.9 Å². The van der Waals surface area contributed by atoms with E-state index in [0.29, 0.717) is 34.1 Å². The third-order valence-corrected chi connectivity index (χ3v) is 4.99. The van der Waals surface area contributed by atoms with Crippen molar-refractivity contribution in [3.05, 3.63) is 78.1 Å². The Morgan fingerprint density at radius 2 is 1.62 bits per heavy atom. The quantitative estimate of drug-likeness (QED) is 0.406. The first-order valence-corrected chi connectivity index (χ1v) is 9.94. The number of hydrogen-bond donors (Lipinski definition) is 2. The molecule has 2 amide bonds. The highest BCUT2D eigenvalue weighted by atomic mass is 19.1. The lowest BCUT2D eigenvalue weighted by atomic mass is 10.1. The number of aromatic nitrogens is 1. The third kappa shape index (κ3) is 4.46. The number of nitrogens with one attached hydrogen (secondary N) is 2. The second kappa shape index (κ2) is 8.93. The minimum absolute atomic E-state index is 0.307. The highest BCUT2D eigenvalue weighted by Crippen LogP contribution is 2.32. The number of benzene rings is 3. The van der Waals surface area contributed by atoms with Gasteiger partial charge in [-0.3, -0.25) is 0 Å². The van der Waals surface area contributed by atoms with Gasteiger partial charge in [0.15, 0.2) is 0 Å². The zero-order valence-electron chi connectivity index (χ0n) is 17.9. The molecule has 0 aliphatic carbocycles. The van der Waals surface area contributed by atoms with Crippen LogP contribution >= 0.6 is 0 Å². The van der Waals surface area contributed by atoms with Crippen LogP contribution < -0.4 is 20.1 Å². The van der Waals surface area contributed by atoms with Crippen molar-refractivity contribution in [1.29, 1.82) is 0 Å². The molecule has 0 atom stereocenters. The number of rotatable bonds is 5. The molecule has 0 saturated carbocycles. The van der Waals surface area contributed by atoms with Gasteiger partial charge in [0.2, 0.25) is 0 Å². The van der Waals surface area contributed by atoms with Crippen LogP contribution in [0, 0.1) is 12.7 Å². The van der Waals surface area contributed by atoms with Crippen LogP contribution in [-0.2, 0) is 0 Å². The Bertz CT molecular complexity index is 1290. The number of aryl methyl sites for hydroxylation is 1. The number of hydrogen-bond acceptors (Lipinski definition) is 4. The van der Waals surface area contributed by atoms with Gasteiger partial charge in [0.1, 0.15) is 17.3 Å². The van der Waals surface area contributed by atoms with E-state index in [9.17, 15) is 9.18 Å². The molecule has 0 aliphatic heterocycles. The van der Waals surface area contributed by atoms with Crippen molar-refractivity contribution in [2.45, 2.75) is 6.92 Å². The van der Waals surface area contributed by atoms with Gasteiger partial charge in [0.05, 0.1) is 31.1 Å². The van der Waals surface area contributed by atoms with Crippen molar-refractivity contribution >= 4 is 28.3 Å². The lowest BCUT2D eigenvalue weighted by Crippen LogP contribution is -2.19. The second-order valence-corrected chi connectivity index (χ2v) is 7.23. The average Bonchev–Trinajstić information content (AvgIpc) is 2.79. The van der Waals surface area contributed by atoms with E-state index in [1.165, 1.54) is 12.1 Å². The Balaban J connectivity index is 1.60. The van der Waals surface area contributed by atoms with Crippen molar-refractivity contribution < 1.29 is 18.7 Å². The molecule has 3 aromatic carbocycles. The van der Waals surface area contributed by atoms with E-state index in [2.05, 4.69) is 15.6 Å². The van der Waals surface area contributed by atoms with Crippen molar-refractivity contribution in [2.24, 2.45) is 0 Å². The van der Waals surface area contributed by atoms with Gasteiger partial charge in [-0.2, -0.15) is 0 Å². The molecule has 32 heavy (non-hydrogen) atoms. The molecule has 0 radical (unpaired) electrons. The molecule has 162 valence electrons. The summed E-state index contributed by atoms with van der Waals surface area (Å²) < 4.78 is 24.1. The predicted octanol–water partition coefficient (Wildman–Crippen LogP) is 6.01. The number of amides is 2. The molecular weight excluding hydrogens is 409 g/mol. The molecule has 2 N–H and O–H groups in total. The number of carbonyl (C=O) groups excluding carboxylic acids is 1. The summed E-state index contributed by atoms with van der Waals surface area (Å²) in [5, 5.41) is 6.38. The fraction of sp³-hybridized carbons (Fsp3) is 0.120. The van der Waals surface area contributed by atoms with Gasteiger partial charge in [0.25, 0.3) is 0 Å². The normalized spacial score (nSPS) is 10.6. The van der Waals surface area contributed by atoms with E-state index >= 15 is 0 Å². The SMILES string of the molecule is COc1ccc(C)cc1NC(=O)Nc1ccc2nc(-c3ccc(F)cc3)cc(OC)c2c1. The van der Waals surface area contributed by atoms with Crippen LogP contribution in [0.2, 0.25) is 0 Å². The maximum Gasteiger partial charge on any atom is 0.323 e. The number of carbonyl (C=O) groups is 1. The molecule has 0 spiro atoms. The lowest BCUT2D eigenvalue weighted by Gasteiger charge is -2.13. The summed E-state index contributed by atoms with van der Waals surface area (Å²) in [5.74, 6) is 0.862.